The van der Waals surface area contributed by atoms with Crippen molar-refractivity contribution in [1.29, 1.82) is 0 Å². The summed E-state index contributed by atoms with van der Waals surface area (Å²) in [5, 5.41) is 0. The molecule has 0 N–H and O–H groups in total. The Morgan fingerprint density at radius 1 is 1.06 bits per heavy atom. The normalized spacial score (nSPS) is 15.1. The molecule has 0 aliphatic carbocycles. The van der Waals surface area contributed by atoms with E-state index in [0.717, 1.165) is 6.54 Å². The van der Waals surface area contributed by atoms with Crippen LogP contribution in [0, 0.1) is 0 Å². The Morgan fingerprint density at radius 3 is 2.19 bits per heavy atom. The average Bonchev–Trinajstić information content (AvgIpc) is 2.31. The largest absolute Gasteiger partial charge is 0.294 e. The lowest BCUT2D eigenvalue weighted by Crippen LogP contribution is -2.35. The van der Waals surface area contributed by atoms with Crippen LogP contribution in [0.1, 0.15) is 52.1 Å². The zero-order chi connectivity index (χ0) is 12.0. The quantitative estimate of drug-likeness (QED) is 0.691. The van der Waals surface area contributed by atoms with Gasteiger partial charge in [-0.15, -0.1) is 0 Å². The molecule has 2 unspecified atom stereocenters. The number of rotatable bonds is 6. The highest BCUT2D eigenvalue weighted by atomic mass is 15.2. The molecule has 0 aliphatic heterocycles. The van der Waals surface area contributed by atoms with E-state index in [1.807, 2.05) is 0 Å². The van der Waals surface area contributed by atoms with Gasteiger partial charge in [0.2, 0.25) is 0 Å². The van der Waals surface area contributed by atoms with Crippen molar-refractivity contribution in [2.24, 2.45) is 0 Å². The van der Waals surface area contributed by atoms with E-state index in [9.17, 15) is 0 Å². The molecule has 0 bridgehead atoms. The third-order valence-electron chi connectivity index (χ3n) is 3.42. The fraction of sp³-hybridized carbons (Fsp3) is 0.600. The maximum absolute atomic E-state index is 2.58. The van der Waals surface area contributed by atoms with Gasteiger partial charge >= 0.3 is 0 Å². The SMILES string of the molecule is CCCC(C)N(CC)C(C)c1ccccc1. The molecule has 1 aromatic rings. The lowest BCUT2D eigenvalue weighted by molar-refractivity contribution is 0.155. The molecular weight excluding hydrogens is 194 g/mol. The van der Waals surface area contributed by atoms with Gasteiger partial charge < -0.3 is 0 Å². The van der Waals surface area contributed by atoms with Gasteiger partial charge in [-0.3, -0.25) is 4.90 Å². The van der Waals surface area contributed by atoms with E-state index in [4.69, 9.17) is 0 Å². The summed E-state index contributed by atoms with van der Waals surface area (Å²) in [5.74, 6) is 0. The van der Waals surface area contributed by atoms with Gasteiger partial charge in [-0.2, -0.15) is 0 Å². The number of benzene rings is 1. The first-order valence-corrected chi connectivity index (χ1v) is 6.51. The Balaban J connectivity index is 2.73. The second-order valence-corrected chi connectivity index (χ2v) is 4.55. The molecule has 1 aromatic carbocycles. The molecule has 16 heavy (non-hydrogen) atoms. The van der Waals surface area contributed by atoms with Crippen molar-refractivity contribution in [3.8, 4) is 0 Å². The maximum Gasteiger partial charge on any atom is 0.0322 e. The minimum Gasteiger partial charge on any atom is -0.294 e. The molecule has 1 heteroatoms. The molecule has 0 aromatic heterocycles. The summed E-state index contributed by atoms with van der Waals surface area (Å²) >= 11 is 0. The summed E-state index contributed by atoms with van der Waals surface area (Å²) in [6.07, 6.45) is 2.55. The predicted molar refractivity (Wildman–Crippen MR) is 71.6 cm³/mol. The highest BCUT2D eigenvalue weighted by molar-refractivity contribution is 5.18. The summed E-state index contributed by atoms with van der Waals surface area (Å²) in [6.45, 7) is 10.3. The first kappa shape index (κ1) is 13.2. The monoisotopic (exact) mass is 219 g/mol. The lowest BCUT2D eigenvalue weighted by Gasteiger charge is -2.33. The van der Waals surface area contributed by atoms with E-state index in [1.54, 1.807) is 0 Å². The van der Waals surface area contributed by atoms with Gasteiger partial charge in [0.25, 0.3) is 0 Å². The molecule has 0 radical (unpaired) electrons. The molecule has 2 atom stereocenters. The van der Waals surface area contributed by atoms with E-state index < -0.39 is 0 Å². The van der Waals surface area contributed by atoms with Crippen molar-refractivity contribution in [2.75, 3.05) is 6.54 Å². The van der Waals surface area contributed by atoms with Crippen LogP contribution in [0.2, 0.25) is 0 Å². The van der Waals surface area contributed by atoms with Gasteiger partial charge in [-0.25, -0.2) is 0 Å². The summed E-state index contributed by atoms with van der Waals surface area (Å²) in [7, 11) is 0. The molecule has 90 valence electrons. The zero-order valence-electron chi connectivity index (χ0n) is 11.1. The minimum atomic E-state index is 0.521. The fourth-order valence-electron chi connectivity index (χ4n) is 2.47. The predicted octanol–water partition coefficient (Wildman–Crippen LogP) is 4.26. The summed E-state index contributed by atoms with van der Waals surface area (Å²) in [6, 6.07) is 12.0. The average molecular weight is 219 g/mol. The van der Waals surface area contributed by atoms with Gasteiger partial charge in [-0.05, 0) is 32.4 Å². The van der Waals surface area contributed by atoms with E-state index in [-0.39, 0.29) is 0 Å². The van der Waals surface area contributed by atoms with E-state index in [0.29, 0.717) is 12.1 Å². The van der Waals surface area contributed by atoms with Crippen LogP contribution in [0.3, 0.4) is 0 Å². The number of hydrogen-bond donors (Lipinski definition) is 0. The number of hydrogen-bond acceptors (Lipinski definition) is 1. The van der Waals surface area contributed by atoms with Crippen LogP contribution in [-0.2, 0) is 0 Å². The Labute approximate surface area is 100 Å². The highest BCUT2D eigenvalue weighted by Crippen LogP contribution is 2.23. The minimum absolute atomic E-state index is 0.521. The van der Waals surface area contributed by atoms with Crippen LogP contribution >= 0.6 is 0 Å². The lowest BCUT2D eigenvalue weighted by atomic mass is 10.0. The topological polar surface area (TPSA) is 3.24 Å². The third kappa shape index (κ3) is 3.34. The molecule has 1 rings (SSSR count). The first-order chi connectivity index (χ1) is 7.70. The first-order valence-electron chi connectivity index (χ1n) is 6.51. The van der Waals surface area contributed by atoms with Crippen molar-refractivity contribution in [2.45, 2.75) is 52.6 Å². The molecule has 1 nitrogen and oxygen atoms in total. The van der Waals surface area contributed by atoms with E-state index in [2.05, 4.69) is 62.9 Å². The zero-order valence-corrected chi connectivity index (χ0v) is 11.1. The van der Waals surface area contributed by atoms with Crippen LogP contribution < -0.4 is 0 Å². The molecular formula is C15H25N. The second-order valence-electron chi connectivity index (χ2n) is 4.55. The van der Waals surface area contributed by atoms with Crippen LogP contribution in [0.15, 0.2) is 30.3 Å². The van der Waals surface area contributed by atoms with Gasteiger partial charge in [-0.1, -0.05) is 50.6 Å². The Kier molecular flexibility index (Phi) is 5.54. The van der Waals surface area contributed by atoms with Gasteiger partial charge in [0, 0.05) is 12.1 Å². The molecule has 0 heterocycles. The van der Waals surface area contributed by atoms with Crippen molar-refractivity contribution in [3.05, 3.63) is 35.9 Å². The maximum atomic E-state index is 2.58. The molecule has 0 amide bonds. The molecule has 0 saturated heterocycles. The van der Waals surface area contributed by atoms with Crippen molar-refractivity contribution in [3.63, 3.8) is 0 Å². The van der Waals surface area contributed by atoms with Crippen LogP contribution in [0.5, 0.6) is 0 Å². The summed E-state index contributed by atoms with van der Waals surface area (Å²) in [4.78, 5) is 2.58. The second kappa shape index (κ2) is 6.70. The Bertz CT molecular complexity index is 281. The number of nitrogens with zero attached hydrogens (tertiary/aromatic N) is 1. The van der Waals surface area contributed by atoms with Crippen LogP contribution in [0.25, 0.3) is 0 Å². The molecule has 0 aliphatic rings. The third-order valence-corrected chi connectivity index (χ3v) is 3.42. The molecule has 0 fully saturated rings. The summed E-state index contributed by atoms with van der Waals surface area (Å²) < 4.78 is 0. The van der Waals surface area contributed by atoms with Crippen molar-refractivity contribution in [1.82, 2.24) is 4.90 Å². The highest BCUT2D eigenvalue weighted by Gasteiger charge is 2.18. The van der Waals surface area contributed by atoms with Crippen molar-refractivity contribution >= 4 is 0 Å². The van der Waals surface area contributed by atoms with Gasteiger partial charge in [0.15, 0.2) is 0 Å². The van der Waals surface area contributed by atoms with Crippen LogP contribution in [-0.4, -0.2) is 17.5 Å². The molecule has 0 spiro atoms. The van der Waals surface area contributed by atoms with Gasteiger partial charge in [0.05, 0.1) is 0 Å². The fourth-order valence-corrected chi connectivity index (χ4v) is 2.47. The smallest absolute Gasteiger partial charge is 0.0322 e. The van der Waals surface area contributed by atoms with Gasteiger partial charge in [0.1, 0.15) is 0 Å². The standard InChI is InChI=1S/C15H25N/c1-5-10-13(3)16(6-2)14(4)15-11-8-7-9-12-15/h7-9,11-14H,5-6,10H2,1-4H3. The summed E-state index contributed by atoms with van der Waals surface area (Å²) in [5.41, 5.74) is 1.42. The Morgan fingerprint density at radius 2 is 1.69 bits per heavy atom. The molecule has 0 saturated carbocycles. The van der Waals surface area contributed by atoms with E-state index >= 15 is 0 Å². The van der Waals surface area contributed by atoms with E-state index in [1.165, 1.54) is 18.4 Å². The Hall–Kier alpha value is -0.820. The van der Waals surface area contributed by atoms with Crippen molar-refractivity contribution < 1.29 is 0 Å². The van der Waals surface area contributed by atoms with Crippen LogP contribution in [0.4, 0.5) is 0 Å².